The summed E-state index contributed by atoms with van der Waals surface area (Å²) in [5, 5.41) is 6.48. The third-order valence-electron chi connectivity index (χ3n) is 4.69. The second-order valence-electron chi connectivity index (χ2n) is 7.03. The quantitative estimate of drug-likeness (QED) is 0.470. The van der Waals surface area contributed by atoms with Gasteiger partial charge >= 0.3 is 0 Å². The third kappa shape index (κ3) is 5.64. The van der Waals surface area contributed by atoms with Crippen molar-refractivity contribution in [3.05, 3.63) is 65.4 Å². The summed E-state index contributed by atoms with van der Waals surface area (Å²) >= 11 is 0. The van der Waals surface area contributed by atoms with E-state index < -0.39 is 10.0 Å². The number of unbranched alkanes of at least 4 members (excludes halogenated alkanes) is 1. The van der Waals surface area contributed by atoms with Crippen molar-refractivity contribution < 1.29 is 22.5 Å². The SMILES string of the molecule is CCCCOc1ccc(C(=O)Nc2ccc(S(=O)(=O)Nc3onc(C)c3C)cc2)cc1. The molecule has 9 heteroatoms. The number of nitrogens with zero attached hydrogens (tertiary/aromatic N) is 1. The Bertz CT molecular complexity index is 1140. The topological polar surface area (TPSA) is 111 Å². The summed E-state index contributed by atoms with van der Waals surface area (Å²) in [6.45, 7) is 6.17. The summed E-state index contributed by atoms with van der Waals surface area (Å²) in [4.78, 5) is 12.5. The molecule has 3 aromatic rings. The van der Waals surface area contributed by atoms with Crippen LogP contribution in [0, 0.1) is 13.8 Å². The molecule has 3 rings (SSSR count). The number of rotatable bonds is 9. The van der Waals surface area contributed by atoms with Crippen LogP contribution in [0.5, 0.6) is 5.75 Å². The Morgan fingerprint density at radius 3 is 2.32 bits per heavy atom. The van der Waals surface area contributed by atoms with Crippen LogP contribution in [0.4, 0.5) is 11.6 Å². The van der Waals surface area contributed by atoms with E-state index >= 15 is 0 Å². The molecule has 0 aliphatic rings. The number of carbonyl (C=O) groups is 1. The van der Waals surface area contributed by atoms with Crippen molar-refractivity contribution in [1.82, 2.24) is 5.16 Å². The van der Waals surface area contributed by atoms with Crippen molar-refractivity contribution >= 4 is 27.5 Å². The van der Waals surface area contributed by atoms with E-state index in [9.17, 15) is 13.2 Å². The average molecular weight is 444 g/mol. The van der Waals surface area contributed by atoms with E-state index in [4.69, 9.17) is 9.26 Å². The van der Waals surface area contributed by atoms with Gasteiger partial charge in [-0.3, -0.25) is 4.79 Å². The van der Waals surface area contributed by atoms with Gasteiger partial charge in [0.25, 0.3) is 15.9 Å². The minimum atomic E-state index is -3.84. The number of ether oxygens (including phenoxy) is 1. The summed E-state index contributed by atoms with van der Waals surface area (Å²) < 4.78 is 38.1. The standard InChI is InChI=1S/C22H25N3O5S/c1-4-5-14-29-19-10-6-17(7-11-19)21(26)23-18-8-12-20(13-9-18)31(27,28)25-22-15(2)16(3)24-30-22/h6-13,25H,4-5,14H2,1-3H3,(H,23,26). The van der Waals surface area contributed by atoms with Crippen LogP contribution in [-0.4, -0.2) is 26.1 Å². The number of benzene rings is 2. The number of hydrogen-bond acceptors (Lipinski definition) is 6. The van der Waals surface area contributed by atoms with Gasteiger partial charge in [-0.25, -0.2) is 13.1 Å². The van der Waals surface area contributed by atoms with Gasteiger partial charge in [-0.2, -0.15) is 0 Å². The van der Waals surface area contributed by atoms with Crippen molar-refractivity contribution in [2.24, 2.45) is 0 Å². The van der Waals surface area contributed by atoms with Crippen molar-refractivity contribution in [3.8, 4) is 5.75 Å². The summed E-state index contributed by atoms with van der Waals surface area (Å²) in [5.41, 5.74) is 2.17. The fourth-order valence-electron chi connectivity index (χ4n) is 2.65. The molecular weight excluding hydrogens is 418 g/mol. The first-order valence-electron chi connectivity index (χ1n) is 9.90. The van der Waals surface area contributed by atoms with Crippen LogP contribution in [0.1, 0.15) is 41.4 Å². The number of sulfonamides is 1. The second kappa shape index (κ2) is 9.65. The molecular formula is C22H25N3O5S. The van der Waals surface area contributed by atoms with Crippen LogP contribution in [-0.2, 0) is 10.0 Å². The number of hydrogen-bond donors (Lipinski definition) is 2. The van der Waals surface area contributed by atoms with Gasteiger partial charge in [0.1, 0.15) is 5.75 Å². The molecule has 0 aliphatic heterocycles. The maximum Gasteiger partial charge on any atom is 0.264 e. The molecule has 0 radical (unpaired) electrons. The van der Waals surface area contributed by atoms with Crippen LogP contribution in [0.25, 0.3) is 0 Å². The molecule has 31 heavy (non-hydrogen) atoms. The number of amides is 1. The Hall–Kier alpha value is -3.33. The average Bonchev–Trinajstić information content (AvgIpc) is 3.06. The highest BCUT2D eigenvalue weighted by atomic mass is 32.2. The molecule has 164 valence electrons. The van der Waals surface area contributed by atoms with E-state index in [-0.39, 0.29) is 16.7 Å². The molecule has 1 amide bonds. The normalized spacial score (nSPS) is 11.2. The molecule has 0 unspecified atom stereocenters. The molecule has 0 aliphatic carbocycles. The Balaban J connectivity index is 1.63. The summed E-state index contributed by atoms with van der Waals surface area (Å²) in [5.74, 6) is 0.489. The first-order chi connectivity index (χ1) is 14.8. The molecule has 1 heterocycles. The van der Waals surface area contributed by atoms with Crippen LogP contribution in [0.3, 0.4) is 0 Å². The Morgan fingerprint density at radius 2 is 1.74 bits per heavy atom. The molecule has 0 saturated heterocycles. The van der Waals surface area contributed by atoms with Gasteiger partial charge in [0.15, 0.2) is 0 Å². The third-order valence-corrected chi connectivity index (χ3v) is 6.04. The van der Waals surface area contributed by atoms with E-state index in [1.54, 1.807) is 38.1 Å². The summed E-state index contributed by atoms with van der Waals surface area (Å²) in [6, 6.07) is 12.7. The number of aryl methyl sites for hydroxylation is 1. The Morgan fingerprint density at radius 1 is 1.06 bits per heavy atom. The van der Waals surface area contributed by atoms with Gasteiger partial charge in [0, 0.05) is 16.8 Å². The van der Waals surface area contributed by atoms with E-state index in [0.29, 0.717) is 34.9 Å². The van der Waals surface area contributed by atoms with Gasteiger partial charge in [-0.15, -0.1) is 0 Å². The zero-order valence-electron chi connectivity index (χ0n) is 17.6. The highest BCUT2D eigenvalue weighted by Gasteiger charge is 2.19. The lowest BCUT2D eigenvalue weighted by Gasteiger charge is -2.09. The molecule has 0 saturated carbocycles. The first-order valence-corrected chi connectivity index (χ1v) is 11.4. The van der Waals surface area contributed by atoms with Crippen molar-refractivity contribution in [2.75, 3.05) is 16.6 Å². The number of carbonyl (C=O) groups excluding carboxylic acids is 1. The van der Waals surface area contributed by atoms with Gasteiger partial charge < -0.3 is 14.6 Å². The van der Waals surface area contributed by atoms with Crippen LogP contribution < -0.4 is 14.8 Å². The lowest BCUT2D eigenvalue weighted by molar-refractivity contribution is 0.102. The predicted molar refractivity (Wildman–Crippen MR) is 118 cm³/mol. The Kier molecular flexibility index (Phi) is 6.96. The highest BCUT2D eigenvalue weighted by Crippen LogP contribution is 2.23. The van der Waals surface area contributed by atoms with Gasteiger partial charge in [-0.1, -0.05) is 18.5 Å². The van der Waals surface area contributed by atoms with Gasteiger partial charge in [-0.05, 0) is 68.8 Å². The van der Waals surface area contributed by atoms with E-state index in [1.165, 1.54) is 24.3 Å². The van der Waals surface area contributed by atoms with E-state index in [0.717, 1.165) is 12.8 Å². The van der Waals surface area contributed by atoms with Crippen LogP contribution >= 0.6 is 0 Å². The maximum atomic E-state index is 12.5. The van der Waals surface area contributed by atoms with Crippen LogP contribution in [0.15, 0.2) is 57.9 Å². The zero-order valence-corrected chi connectivity index (χ0v) is 18.5. The highest BCUT2D eigenvalue weighted by molar-refractivity contribution is 7.92. The molecule has 0 atom stereocenters. The van der Waals surface area contributed by atoms with Crippen LogP contribution in [0.2, 0.25) is 0 Å². The monoisotopic (exact) mass is 443 g/mol. The lowest BCUT2D eigenvalue weighted by atomic mass is 10.2. The van der Waals surface area contributed by atoms with Crippen molar-refractivity contribution in [1.29, 1.82) is 0 Å². The number of anilines is 2. The molecule has 2 N–H and O–H groups in total. The Labute approximate surface area is 181 Å². The minimum absolute atomic E-state index is 0.0348. The predicted octanol–water partition coefficient (Wildman–Crippen LogP) is 4.52. The van der Waals surface area contributed by atoms with E-state index in [1.807, 2.05) is 0 Å². The molecule has 8 nitrogen and oxygen atoms in total. The minimum Gasteiger partial charge on any atom is -0.494 e. The second-order valence-corrected chi connectivity index (χ2v) is 8.71. The van der Waals surface area contributed by atoms with E-state index in [2.05, 4.69) is 22.1 Å². The first kappa shape index (κ1) is 22.4. The largest absolute Gasteiger partial charge is 0.494 e. The summed E-state index contributed by atoms with van der Waals surface area (Å²) in [6.07, 6.45) is 2.02. The fraction of sp³-hybridized carbons (Fsp3) is 0.273. The number of nitrogens with one attached hydrogen (secondary N) is 2. The van der Waals surface area contributed by atoms with Crippen molar-refractivity contribution in [3.63, 3.8) is 0 Å². The number of aromatic nitrogens is 1. The fourth-order valence-corrected chi connectivity index (χ4v) is 3.70. The maximum absolute atomic E-state index is 12.5. The molecule has 1 aromatic heterocycles. The summed E-state index contributed by atoms with van der Waals surface area (Å²) in [7, 11) is -3.84. The lowest BCUT2D eigenvalue weighted by Crippen LogP contribution is -2.14. The van der Waals surface area contributed by atoms with Gasteiger partial charge in [0.05, 0.1) is 17.2 Å². The van der Waals surface area contributed by atoms with Gasteiger partial charge in [0.2, 0.25) is 5.88 Å². The zero-order chi connectivity index (χ0) is 22.4. The molecule has 0 fully saturated rings. The molecule has 0 bridgehead atoms. The van der Waals surface area contributed by atoms with Crippen molar-refractivity contribution in [2.45, 2.75) is 38.5 Å². The molecule has 0 spiro atoms. The smallest absolute Gasteiger partial charge is 0.264 e. The molecule has 2 aromatic carbocycles.